The summed E-state index contributed by atoms with van der Waals surface area (Å²) < 4.78 is 30.6. The molecule has 1 N–H and O–H groups in total. The number of methoxy groups -OCH3 is 3. The molecular weight excluding hydrogens is 520 g/mol. The van der Waals surface area contributed by atoms with E-state index < -0.39 is 6.10 Å². The largest absolute Gasteiger partial charge is 0.389 e. The topological polar surface area (TPSA) is 66.4 Å². The molecule has 0 bridgehead atoms. The van der Waals surface area contributed by atoms with E-state index >= 15 is 0 Å². The Morgan fingerprint density at radius 1 is 0.895 bits per heavy atom. The lowest BCUT2D eigenvalue weighted by atomic mass is 9.87. The van der Waals surface area contributed by atoms with E-state index in [0.717, 1.165) is 51.4 Å². The lowest BCUT2D eigenvalue weighted by molar-refractivity contribution is -0.154. The van der Waals surface area contributed by atoms with Crippen LogP contribution in [0.2, 0.25) is 0 Å². The predicted molar refractivity (Wildman–Crippen MR) is 159 cm³/mol. The van der Waals surface area contributed by atoms with Crippen LogP contribution in [0.4, 0.5) is 0 Å². The maximum atomic E-state index is 10.5. The van der Waals surface area contributed by atoms with Crippen molar-refractivity contribution >= 4 is 23.5 Å². The molecule has 3 rings (SSSR count). The van der Waals surface area contributed by atoms with Crippen molar-refractivity contribution in [2.24, 2.45) is 11.8 Å². The highest BCUT2D eigenvalue weighted by Gasteiger charge is 2.45. The van der Waals surface area contributed by atoms with E-state index in [1.807, 2.05) is 13.2 Å². The van der Waals surface area contributed by atoms with E-state index in [4.69, 9.17) is 23.7 Å². The quantitative estimate of drug-likeness (QED) is 0.188. The van der Waals surface area contributed by atoms with Gasteiger partial charge in [-0.1, -0.05) is 32.9 Å². The molecule has 0 aromatic carbocycles. The molecule has 0 aromatic rings. The van der Waals surface area contributed by atoms with Gasteiger partial charge in [-0.2, -0.15) is 0 Å². The highest BCUT2D eigenvalue weighted by Crippen LogP contribution is 2.52. The third-order valence-corrected chi connectivity index (χ3v) is 11.6. The van der Waals surface area contributed by atoms with Crippen LogP contribution in [0.5, 0.6) is 0 Å². The lowest BCUT2D eigenvalue weighted by Crippen LogP contribution is -2.46. The van der Waals surface area contributed by atoms with Gasteiger partial charge in [-0.15, -0.1) is 23.5 Å². The van der Waals surface area contributed by atoms with Crippen LogP contribution in [0.25, 0.3) is 0 Å². The van der Waals surface area contributed by atoms with Gasteiger partial charge in [0.05, 0.1) is 40.7 Å². The molecule has 0 amide bonds. The van der Waals surface area contributed by atoms with Crippen LogP contribution in [-0.4, -0.2) is 84.9 Å². The predicted octanol–water partition coefficient (Wildman–Crippen LogP) is 6.44. The zero-order valence-electron chi connectivity index (χ0n) is 24.6. The maximum Gasteiger partial charge on any atom is 0.159 e. The van der Waals surface area contributed by atoms with Crippen molar-refractivity contribution in [1.29, 1.82) is 0 Å². The zero-order chi connectivity index (χ0) is 27.5. The van der Waals surface area contributed by atoms with Gasteiger partial charge in [0.1, 0.15) is 0 Å². The zero-order valence-corrected chi connectivity index (χ0v) is 26.3. The van der Waals surface area contributed by atoms with E-state index in [9.17, 15) is 5.11 Å². The Morgan fingerprint density at radius 3 is 2.21 bits per heavy atom. The molecule has 3 heterocycles. The van der Waals surface area contributed by atoms with Crippen LogP contribution in [0, 0.1) is 11.8 Å². The van der Waals surface area contributed by atoms with Gasteiger partial charge in [0.25, 0.3) is 0 Å². The van der Waals surface area contributed by atoms with Crippen molar-refractivity contribution in [3.05, 3.63) is 12.2 Å². The van der Waals surface area contributed by atoms with Crippen LogP contribution in [0.1, 0.15) is 85.0 Å². The third-order valence-electron chi connectivity index (χ3n) is 8.23. The Hall–Kier alpha value is 0.200. The van der Waals surface area contributed by atoms with Gasteiger partial charge in [0.2, 0.25) is 0 Å². The summed E-state index contributed by atoms with van der Waals surface area (Å²) in [6.07, 6.45) is 13.6. The number of hydrogen-bond acceptors (Lipinski definition) is 8. The van der Waals surface area contributed by atoms with E-state index in [2.05, 4.69) is 50.4 Å². The molecule has 0 saturated carbocycles. The molecule has 6 nitrogen and oxygen atoms in total. The first-order valence-electron chi connectivity index (χ1n) is 14.8. The second kappa shape index (κ2) is 16.6. The first-order valence-corrected chi connectivity index (χ1v) is 16.7. The minimum absolute atomic E-state index is 0.0806. The summed E-state index contributed by atoms with van der Waals surface area (Å²) in [7, 11) is 5.23. The fourth-order valence-corrected chi connectivity index (χ4v) is 9.57. The van der Waals surface area contributed by atoms with Crippen LogP contribution >= 0.6 is 23.5 Å². The highest BCUT2D eigenvalue weighted by molar-refractivity contribution is 8.18. The number of rotatable bonds is 14. The average Bonchev–Trinajstić information content (AvgIpc) is 2.88. The molecule has 7 atom stereocenters. The summed E-state index contributed by atoms with van der Waals surface area (Å²) in [5, 5.41) is 10.5. The van der Waals surface area contributed by atoms with Crippen molar-refractivity contribution in [2.75, 3.05) is 32.8 Å². The molecule has 0 unspecified atom stereocenters. The molecule has 1 spiro atoms. The highest BCUT2D eigenvalue weighted by atomic mass is 32.2. The molecule has 3 aliphatic rings. The lowest BCUT2D eigenvalue weighted by Gasteiger charge is -2.47. The molecule has 3 fully saturated rings. The number of ether oxygens (including phenoxy) is 5. The van der Waals surface area contributed by atoms with Gasteiger partial charge in [-0.3, -0.25) is 0 Å². The summed E-state index contributed by atoms with van der Waals surface area (Å²) in [6, 6.07) is 0. The molecule has 3 saturated heterocycles. The molecule has 38 heavy (non-hydrogen) atoms. The van der Waals surface area contributed by atoms with Crippen molar-refractivity contribution in [1.82, 2.24) is 0 Å². The fourth-order valence-electron chi connectivity index (χ4n) is 6.02. The van der Waals surface area contributed by atoms with Crippen LogP contribution in [-0.2, 0) is 23.7 Å². The Morgan fingerprint density at radius 2 is 1.58 bits per heavy atom. The Kier molecular flexibility index (Phi) is 14.3. The number of allylic oxidation sites excluding steroid dienone is 1. The number of aliphatic hydroxyl groups is 1. The van der Waals surface area contributed by atoms with Crippen LogP contribution < -0.4 is 0 Å². The minimum Gasteiger partial charge on any atom is -0.389 e. The smallest absolute Gasteiger partial charge is 0.159 e. The van der Waals surface area contributed by atoms with Gasteiger partial charge in [-0.25, -0.2) is 0 Å². The van der Waals surface area contributed by atoms with Crippen molar-refractivity contribution < 1.29 is 28.8 Å². The normalized spacial score (nSPS) is 31.9. The van der Waals surface area contributed by atoms with Crippen LogP contribution in [0.3, 0.4) is 0 Å². The van der Waals surface area contributed by atoms with Crippen molar-refractivity contribution in [3.63, 3.8) is 0 Å². The molecule has 8 heteroatoms. The van der Waals surface area contributed by atoms with E-state index in [1.165, 1.54) is 17.9 Å². The second-order valence-corrected chi connectivity index (χ2v) is 15.1. The van der Waals surface area contributed by atoms with E-state index in [0.29, 0.717) is 18.3 Å². The third kappa shape index (κ3) is 10.6. The van der Waals surface area contributed by atoms with Crippen LogP contribution in [0.15, 0.2) is 12.2 Å². The van der Waals surface area contributed by atoms with Gasteiger partial charge in [0.15, 0.2) is 6.29 Å². The Labute approximate surface area is 240 Å². The first kappa shape index (κ1) is 32.7. The maximum absolute atomic E-state index is 10.5. The van der Waals surface area contributed by atoms with Gasteiger partial charge in [0, 0.05) is 40.6 Å². The Bertz CT molecular complexity index is 682. The monoisotopic (exact) mass is 574 g/mol. The molecule has 0 aliphatic carbocycles. The molecule has 0 aromatic heterocycles. The van der Waals surface area contributed by atoms with Gasteiger partial charge < -0.3 is 28.8 Å². The number of thioether (sulfide) groups is 2. The van der Waals surface area contributed by atoms with Gasteiger partial charge >= 0.3 is 0 Å². The molecule has 3 aliphatic heterocycles. The van der Waals surface area contributed by atoms with E-state index in [-0.39, 0.29) is 40.9 Å². The molecular formula is C30H54O6S2. The molecule has 0 radical (unpaired) electrons. The minimum atomic E-state index is -0.441. The summed E-state index contributed by atoms with van der Waals surface area (Å²) >= 11 is 4.25. The summed E-state index contributed by atoms with van der Waals surface area (Å²) in [6.45, 7) is 6.68. The standard InChI is InChI=1S/C30H54O6S2/c1-21(2)9-7-10-23(31)15-24-12-11-22(3)28(36-24)17-25(32-4)16-26-19-30(37-13-8-14-38-30)20-27(35-26)18-29(33-5)34-6/h7,10,21-29,31H,8-9,11-20H2,1-6H3/b10-7+/t22-,23-,24-,25-,26+,27-,28+/m0/s1. The average molecular weight is 575 g/mol. The summed E-state index contributed by atoms with van der Waals surface area (Å²) in [5.74, 6) is 3.55. The van der Waals surface area contributed by atoms with Gasteiger partial charge in [-0.05, 0) is 68.3 Å². The SMILES string of the molecule is COC(C[C@H]1CC2(C[C@@H](C[C@@H](C[C@H]3O[C@H](C[C@@H](O)/C=C/CC(C)C)CC[C@@H]3C)OC)O1)SCCCS2)OC. The number of hydrogen-bond donors (Lipinski definition) is 1. The number of aliphatic hydroxyl groups excluding tert-OH is 1. The Balaban J connectivity index is 1.58. The van der Waals surface area contributed by atoms with E-state index in [1.54, 1.807) is 14.2 Å². The van der Waals surface area contributed by atoms with Crippen molar-refractivity contribution in [3.8, 4) is 0 Å². The first-order chi connectivity index (χ1) is 18.3. The fraction of sp³-hybridized carbons (Fsp3) is 0.933. The van der Waals surface area contributed by atoms with Crippen molar-refractivity contribution in [2.45, 2.75) is 132 Å². The molecule has 222 valence electrons. The summed E-state index contributed by atoms with van der Waals surface area (Å²) in [5.41, 5.74) is 0. The summed E-state index contributed by atoms with van der Waals surface area (Å²) in [4.78, 5) is 0. The second-order valence-electron chi connectivity index (χ2n) is 11.9.